The summed E-state index contributed by atoms with van der Waals surface area (Å²) in [4.78, 5) is 4.38. The maximum Gasteiger partial charge on any atom is 0.138 e. The second-order valence-corrected chi connectivity index (χ2v) is 5.29. The second kappa shape index (κ2) is 9.04. The topological polar surface area (TPSA) is 52.0 Å². The van der Waals surface area contributed by atoms with Gasteiger partial charge in [0.15, 0.2) is 0 Å². The average molecular weight is 268 g/mol. The van der Waals surface area contributed by atoms with Crippen LogP contribution in [0.25, 0.3) is 0 Å². The molecule has 0 saturated carbocycles. The molecule has 19 heavy (non-hydrogen) atoms. The third kappa shape index (κ3) is 6.16. The number of nitrogens with one attached hydrogen (secondary N) is 1. The quantitative estimate of drug-likeness (QED) is 0.658. The fourth-order valence-corrected chi connectivity index (χ4v) is 2.01. The molecule has 1 aromatic heterocycles. The van der Waals surface area contributed by atoms with Crippen molar-refractivity contribution in [3.8, 4) is 0 Å². The van der Waals surface area contributed by atoms with Crippen LogP contribution in [0.3, 0.4) is 0 Å². The minimum absolute atomic E-state index is 0.312. The maximum absolute atomic E-state index is 5.65. The lowest BCUT2D eigenvalue weighted by Gasteiger charge is -2.18. The monoisotopic (exact) mass is 268 g/mol. The van der Waals surface area contributed by atoms with Gasteiger partial charge in [0.05, 0.1) is 6.61 Å². The molecule has 0 saturated heterocycles. The van der Waals surface area contributed by atoms with Gasteiger partial charge in [-0.2, -0.15) is 5.10 Å². The van der Waals surface area contributed by atoms with Gasteiger partial charge in [0.25, 0.3) is 0 Å². The van der Waals surface area contributed by atoms with Crippen molar-refractivity contribution in [2.75, 3.05) is 19.8 Å². The van der Waals surface area contributed by atoms with Gasteiger partial charge in [0.2, 0.25) is 0 Å². The van der Waals surface area contributed by atoms with Crippen LogP contribution >= 0.6 is 0 Å². The molecule has 110 valence electrons. The first-order valence-electron chi connectivity index (χ1n) is 7.35. The molecule has 0 amide bonds. The zero-order valence-electron chi connectivity index (χ0n) is 12.7. The first-order valence-corrected chi connectivity index (χ1v) is 7.35. The van der Waals surface area contributed by atoms with Crippen LogP contribution in [0.15, 0.2) is 6.33 Å². The molecule has 0 aliphatic heterocycles. The molecule has 1 aromatic rings. The predicted molar refractivity (Wildman–Crippen MR) is 77.1 cm³/mol. The Hall–Kier alpha value is -0.940. The predicted octanol–water partition coefficient (Wildman–Crippen LogP) is 1.88. The highest BCUT2D eigenvalue weighted by atomic mass is 16.5. The number of hydrogen-bond acceptors (Lipinski definition) is 4. The van der Waals surface area contributed by atoms with Crippen molar-refractivity contribution in [3.63, 3.8) is 0 Å². The van der Waals surface area contributed by atoms with E-state index >= 15 is 0 Å². The van der Waals surface area contributed by atoms with Gasteiger partial charge in [0, 0.05) is 25.6 Å². The van der Waals surface area contributed by atoms with Crippen LogP contribution in [0.5, 0.6) is 0 Å². The van der Waals surface area contributed by atoms with E-state index in [0.717, 1.165) is 45.0 Å². The van der Waals surface area contributed by atoms with Gasteiger partial charge < -0.3 is 10.1 Å². The Morgan fingerprint density at radius 1 is 1.37 bits per heavy atom. The number of rotatable bonds is 10. The summed E-state index contributed by atoms with van der Waals surface area (Å²) >= 11 is 0. The van der Waals surface area contributed by atoms with Crippen molar-refractivity contribution in [1.29, 1.82) is 0 Å². The molecular formula is C14H28N4O. The van der Waals surface area contributed by atoms with Crippen molar-refractivity contribution >= 4 is 0 Å². The summed E-state index contributed by atoms with van der Waals surface area (Å²) in [6.45, 7) is 12.0. The number of ether oxygens (including phenoxy) is 1. The zero-order chi connectivity index (χ0) is 14.1. The number of likely N-dealkylation sites (N-methyl/N-ethyl adjacent to an activating group) is 1. The van der Waals surface area contributed by atoms with Crippen LogP contribution in [0, 0.1) is 5.92 Å². The third-order valence-corrected chi connectivity index (χ3v) is 2.82. The van der Waals surface area contributed by atoms with Gasteiger partial charge in [-0.3, -0.25) is 0 Å². The molecule has 1 rings (SSSR count). The van der Waals surface area contributed by atoms with Crippen LogP contribution in [0.4, 0.5) is 0 Å². The summed E-state index contributed by atoms with van der Waals surface area (Å²) in [7, 11) is 0. The second-order valence-electron chi connectivity index (χ2n) is 5.29. The third-order valence-electron chi connectivity index (χ3n) is 2.82. The van der Waals surface area contributed by atoms with Crippen LogP contribution < -0.4 is 5.32 Å². The highest BCUT2D eigenvalue weighted by molar-refractivity contribution is 4.90. The average Bonchev–Trinajstić information content (AvgIpc) is 2.76. The van der Waals surface area contributed by atoms with E-state index in [4.69, 9.17) is 4.74 Å². The molecule has 5 heteroatoms. The molecule has 0 radical (unpaired) electrons. The molecule has 5 nitrogen and oxygen atoms in total. The van der Waals surface area contributed by atoms with Crippen molar-refractivity contribution in [3.05, 3.63) is 12.2 Å². The van der Waals surface area contributed by atoms with Crippen LogP contribution in [-0.4, -0.2) is 40.6 Å². The molecule has 0 fully saturated rings. The molecule has 0 aliphatic rings. The highest BCUT2D eigenvalue weighted by Crippen LogP contribution is 2.05. The van der Waals surface area contributed by atoms with E-state index in [1.807, 2.05) is 4.68 Å². The lowest BCUT2D eigenvalue weighted by atomic mass is 10.2. The summed E-state index contributed by atoms with van der Waals surface area (Å²) in [6, 6.07) is 0.312. The van der Waals surface area contributed by atoms with E-state index < -0.39 is 0 Å². The van der Waals surface area contributed by atoms with Gasteiger partial charge in [-0.25, -0.2) is 9.67 Å². The minimum Gasteiger partial charge on any atom is -0.380 e. The van der Waals surface area contributed by atoms with Crippen molar-refractivity contribution < 1.29 is 4.74 Å². The van der Waals surface area contributed by atoms with E-state index in [-0.39, 0.29) is 0 Å². The lowest BCUT2D eigenvalue weighted by Crippen LogP contribution is -2.36. The molecule has 0 spiro atoms. The fourth-order valence-electron chi connectivity index (χ4n) is 2.01. The van der Waals surface area contributed by atoms with Gasteiger partial charge in [-0.05, 0) is 18.9 Å². The standard InChI is InChI=1S/C14H28N4O/c1-5-7-19-10-13(15-6-2)8-14-16-11-17-18(14)9-12(3)4/h11-13,15H,5-10H2,1-4H3. The molecular weight excluding hydrogens is 240 g/mol. The molecule has 1 heterocycles. The van der Waals surface area contributed by atoms with E-state index in [0.29, 0.717) is 12.0 Å². The van der Waals surface area contributed by atoms with Crippen molar-refractivity contribution in [2.24, 2.45) is 5.92 Å². The van der Waals surface area contributed by atoms with Gasteiger partial charge in [-0.15, -0.1) is 0 Å². The lowest BCUT2D eigenvalue weighted by molar-refractivity contribution is 0.111. The van der Waals surface area contributed by atoms with Crippen LogP contribution in [0.2, 0.25) is 0 Å². The number of aromatic nitrogens is 3. The Kier molecular flexibility index (Phi) is 7.67. The smallest absolute Gasteiger partial charge is 0.138 e. The zero-order valence-corrected chi connectivity index (χ0v) is 12.7. The summed E-state index contributed by atoms with van der Waals surface area (Å²) in [6.07, 6.45) is 3.57. The first-order chi connectivity index (χ1) is 9.17. The largest absolute Gasteiger partial charge is 0.380 e. The molecule has 1 atom stereocenters. The van der Waals surface area contributed by atoms with Gasteiger partial charge in [0.1, 0.15) is 12.2 Å². The Morgan fingerprint density at radius 2 is 2.16 bits per heavy atom. The summed E-state index contributed by atoms with van der Waals surface area (Å²) in [5.41, 5.74) is 0. The number of hydrogen-bond donors (Lipinski definition) is 1. The van der Waals surface area contributed by atoms with E-state index in [1.165, 1.54) is 0 Å². The number of nitrogens with zero attached hydrogens (tertiary/aromatic N) is 3. The Labute approximate surface area is 116 Å². The maximum atomic E-state index is 5.65. The Bertz CT molecular complexity index is 338. The highest BCUT2D eigenvalue weighted by Gasteiger charge is 2.13. The fraction of sp³-hybridized carbons (Fsp3) is 0.857. The van der Waals surface area contributed by atoms with Crippen LogP contribution in [-0.2, 0) is 17.7 Å². The van der Waals surface area contributed by atoms with E-state index in [2.05, 4.69) is 43.1 Å². The molecule has 1 unspecified atom stereocenters. The van der Waals surface area contributed by atoms with Crippen molar-refractivity contribution in [2.45, 2.75) is 53.1 Å². The summed E-state index contributed by atoms with van der Waals surface area (Å²) in [5.74, 6) is 1.62. The molecule has 0 bridgehead atoms. The van der Waals surface area contributed by atoms with Crippen LogP contribution in [0.1, 0.15) is 39.9 Å². The normalized spacial score (nSPS) is 13.1. The van der Waals surface area contributed by atoms with E-state index in [9.17, 15) is 0 Å². The summed E-state index contributed by atoms with van der Waals surface area (Å²) in [5, 5.41) is 7.76. The molecule has 1 N–H and O–H groups in total. The molecule has 0 aromatic carbocycles. The molecule has 0 aliphatic carbocycles. The minimum atomic E-state index is 0.312. The Morgan fingerprint density at radius 3 is 2.79 bits per heavy atom. The van der Waals surface area contributed by atoms with Gasteiger partial charge in [-0.1, -0.05) is 27.7 Å². The van der Waals surface area contributed by atoms with E-state index in [1.54, 1.807) is 6.33 Å². The Balaban J connectivity index is 2.54. The first kappa shape index (κ1) is 16.1. The van der Waals surface area contributed by atoms with Crippen molar-refractivity contribution in [1.82, 2.24) is 20.1 Å². The van der Waals surface area contributed by atoms with Gasteiger partial charge >= 0.3 is 0 Å². The summed E-state index contributed by atoms with van der Waals surface area (Å²) < 4.78 is 7.66. The SMILES string of the molecule is CCCOCC(Cc1ncnn1CC(C)C)NCC.